The SMILES string of the molecule is NC(=O)c1cc(OCCC2CCNC2)ccn1. The number of rotatable bonds is 5. The van der Waals surface area contributed by atoms with Crippen molar-refractivity contribution < 1.29 is 9.53 Å². The van der Waals surface area contributed by atoms with Gasteiger partial charge in [-0.2, -0.15) is 0 Å². The van der Waals surface area contributed by atoms with Crippen molar-refractivity contribution in [3.63, 3.8) is 0 Å². The molecule has 2 heterocycles. The zero-order valence-corrected chi connectivity index (χ0v) is 9.69. The Morgan fingerprint density at radius 3 is 3.24 bits per heavy atom. The number of nitrogens with one attached hydrogen (secondary N) is 1. The van der Waals surface area contributed by atoms with E-state index in [1.165, 1.54) is 12.6 Å². The van der Waals surface area contributed by atoms with E-state index in [1.807, 2.05) is 0 Å². The number of nitrogens with zero attached hydrogens (tertiary/aromatic N) is 1. The molecule has 1 aliphatic rings. The van der Waals surface area contributed by atoms with Crippen LogP contribution in [-0.4, -0.2) is 30.6 Å². The van der Waals surface area contributed by atoms with Gasteiger partial charge in [-0.15, -0.1) is 0 Å². The van der Waals surface area contributed by atoms with Crippen molar-refractivity contribution in [1.29, 1.82) is 0 Å². The van der Waals surface area contributed by atoms with Crippen LogP contribution in [-0.2, 0) is 0 Å². The first-order valence-electron chi connectivity index (χ1n) is 5.85. The minimum Gasteiger partial charge on any atom is -0.493 e. The monoisotopic (exact) mass is 235 g/mol. The second kappa shape index (κ2) is 5.63. The molecule has 1 unspecified atom stereocenters. The number of carbonyl (C=O) groups excluding carboxylic acids is 1. The fraction of sp³-hybridized carbons (Fsp3) is 0.500. The van der Waals surface area contributed by atoms with Crippen molar-refractivity contribution >= 4 is 5.91 Å². The van der Waals surface area contributed by atoms with E-state index in [-0.39, 0.29) is 5.69 Å². The first-order chi connectivity index (χ1) is 8.25. The normalized spacial score (nSPS) is 19.2. The lowest BCUT2D eigenvalue weighted by molar-refractivity contribution is 0.0995. The molecule has 1 aromatic heterocycles. The summed E-state index contributed by atoms with van der Waals surface area (Å²) in [7, 11) is 0. The van der Waals surface area contributed by atoms with E-state index < -0.39 is 5.91 Å². The molecule has 0 saturated carbocycles. The lowest BCUT2D eigenvalue weighted by Gasteiger charge is -2.10. The number of hydrogen-bond acceptors (Lipinski definition) is 4. The molecule has 1 saturated heterocycles. The van der Waals surface area contributed by atoms with E-state index in [0.717, 1.165) is 19.5 Å². The lowest BCUT2D eigenvalue weighted by atomic mass is 10.1. The quantitative estimate of drug-likeness (QED) is 0.781. The maximum atomic E-state index is 10.9. The number of nitrogens with two attached hydrogens (primary N) is 1. The number of primary amides is 1. The number of hydrogen-bond donors (Lipinski definition) is 2. The van der Waals surface area contributed by atoms with Crippen LogP contribution in [0.5, 0.6) is 5.75 Å². The van der Waals surface area contributed by atoms with E-state index in [2.05, 4.69) is 10.3 Å². The molecule has 1 amide bonds. The molecule has 1 fully saturated rings. The van der Waals surface area contributed by atoms with Crippen LogP contribution in [0.25, 0.3) is 0 Å². The summed E-state index contributed by atoms with van der Waals surface area (Å²) in [5.41, 5.74) is 5.39. The Morgan fingerprint density at radius 1 is 1.65 bits per heavy atom. The minimum atomic E-state index is -0.532. The largest absolute Gasteiger partial charge is 0.493 e. The van der Waals surface area contributed by atoms with Gasteiger partial charge in [0.05, 0.1) is 6.61 Å². The summed E-state index contributed by atoms with van der Waals surface area (Å²) in [4.78, 5) is 14.8. The number of aromatic nitrogens is 1. The van der Waals surface area contributed by atoms with Gasteiger partial charge in [0.25, 0.3) is 5.91 Å². The second-order valence-electron chi connectivity index (χ2n) is 4.24. The highest BCUT2D eigenvalue weighted by Crippen LogP contribution is 2.15. The summed E-state index contributed by atoms with van der Waals surface area (Å²) in [6, 6.07) is 3.31. The first kappa shape index (κ1) is 11.9. The molecule has 1 aromatic rings. The molecule has 5 heteroatoms. The number of pyridine rings is 1. The lowest BCUT2D eigenvalue weighted by Crippen LogP contribution is -2.14. The number of amides is 1. The van der Waals surface area contributed by atoms with Crippen LogP contribution >= 0.6 is 0 Å². The molecule has 1 aliphatic heterocycles. The van der Waals surface area contributed by atoms with Crippen molar-refractivity contribution in [2.75, 3.05) is 19.7 Å². The Bertz CT molecular complexity index is 389. The van der Waals surface area contributed by atoms with Crippen LogP contribution in [0.4, 0.5) is 0 Å². The Labute approximate surface area is 100 Å². The average Bonchev–Trinajstić information content (AvgIpc) is 2.82. The molecule has 0 aliphatic carbocycles. The van der Waals surface area contributed by atoms with E-state index in [4.69, 9.17) is 10.5 Å². The standard InChI is InChI=1S/C12H17N3O2/c13-12(16)11-7-10(2-5-15-11)17-6-3-9-1-4-14-8-9/h2,5,7,9,14H,1,3-4,6,8H2,(H2,13,16). The highest BCUT2D eigenvalue weighted by molar-refractivity contribution is 5.91. The van der Waals surface area contributed by atoms with Crippen molar-refractivity contribution in [3.8, 4) is 5.75 Å². The molecule has 0 bridgehead atoms. The fourth-order valence-corrected chi connectivity index (χ4v) is 1.94. The van der Waals surface area contributed by atoms with Gasteiger partial charge in [-0.25, -0.2) is 0 Å². The van der Waals surface area contributed by atoms with Gasteiger partial charge in [0.15, 0.2) is 0 Å². The summed E-state index contributed by atoms with van der Waals surface area (Å²) in [5, 5.41) is 3.32. The zero-order valence-electron chi connectivity index (χ0n) is 9.69. The summed E-state index contributed by atoms with van der Waals surface area (Å²) in [6.07, 6.45) is 3.78. The molecule has 17 heavy (non-hydrogen) atoms. The van der Waals surface area contributed by atoms with Gasteiger partial charge in [0.2, 0.25) is 0 Å². The van der Waals surface area contributed by atoms with Crippen molar-refractivity contribution in [1.82, 2.24) is 10.3 Å². The molecule has 0 aromatic carbocycles. The Kier molecular flexibility index (Phi) is 3.93. The summed E-state index contributed by atoms with van der Waals surface area (Å²) in [5.74, 6) is 0.822. The van der Waals surface area contributed by atoms with Crippen LogP contribution in [0.15, 0.2) is 18.3 Å². The smallest absolute Gasteiger partial charge is 0.267 e. The third-order valence-corrected chi connectivity index (χ3v) is 2.94. The van der Waals surface area contributed by atoms with Gasteiger partial charge in [-0.1, -0.05) is 0 Å². The fourth-order valence-electron chi connectivity index (χ4n) is 1.94. The average molecular weight is 235 g/mol. The Morgan fingerprint density at radius 2 is 2.53 bits per heavy atom. The second-order valence-corrected chi connectivity index (χ2v) is 4.24. The van der Waals surface area contributed by atoms with Gasteiger partial charge in [0, 0.05) is 12.3 Å². The van der Waals surface area contributed by atoms with Gasteiger partial charge < -0.3 is 15.8 Å². The number of ether oxygens (including phenoxy) is 1. The third kappa shape index (κ3) is 3.42. The Hall–Kier alpha value is -1.62. The molecule has 92 valence electrons. The van der Waals surface area contributed by atoms with Gasteiger partial charge >= 0.3 is 0 Å². The predicted octanol–water partition coefficient (Wildman–Crippen LogP) is 0.559. The van der Waals surface area contributed by atoms with E-state index in [9.17, 15) is 4.79 Å². The van der Waals surface area contributed by atoms with Crippen LogP contribution < -0.4 is 15.8 Å². The maximum absolute atomic E-state index is 10.9. The van der Waals surface area contributed by atoms with E-state index >= 15 is 0 Å². The summed E-state index contributed by atoms with van der Waals surface area (Å²) >= 11 is 0. The summed E-state index contributed by atoms with van der Waals surface area (Å²) in [6.45, 7) is 2.84. The van der Waals surface area contributed by atoms with Crippen molar-refractivity contribution in [2.45, 2.75) is 12.8 Å². The van der Waals surface area contributed by atoms with Crippen molar-refractivity contribution in [2.24, 2.45) is 11.7 Å². The van der Waals surface area contributed by atoms with Gasteiger partial charge in [-0.3, -0.25) is 9.78 Å². The molecule has 0 spiro atoms. The van der Waals surface area contributed by atoms with Gasteiger partial charge in [0.1, 0.15) is 11.4 Å². The highest BCUT2D eigenvalue weighted by Gasteiger charge is 2.14. The maximum Gasteiger partial charge on any atom is 0.267 e. The van der Waals surface area contributed by atoms with Crippen LogP contribution in [0, 0.1) is 5.92 Å². The Balaban J connectivity index is 1.81. The van der Waals surface area contributed by atoms with Crippen molar-refractivity contribution in [3.05, 3.63) is 24.0 Å². The minimum absolute atomic E-state index is 0.241. The molecular weight excluding hydrogens is 218 g/mol. The zero-order chi connectivity index (χ0) is 12.1. The van der Waals surface area contributed by atoms with Gasteiger partial charge in [-0.05, 0) is 37.9 Å². The number of carbonyl (C=O) groups is 1. The molecule has 5 nitrogen and oxygen atoms in total. The first-order valence-corrected chi connectivity index (χ1v) is 5.85. The van der Waals surface area contributed by atoms with Crippen LogP contribution in [0.1, 0.15) is 23.3 Å². The molecule has 0 radical (unpaired) electrons. The topological polar surface area (TPSA) is 77.2 Å². The van der Waals surface area contributed by atoms with Crippen LogP contribution in [0.3, 0.4) is 0 Å². The van der Waals surface area contributed by atoms with E-state index in [0.29, 0.717) is 18.3 Å². The summed E-state index contributed by atoms with van der Waals surface area (Å²) < 4.78 is 5.58. The third-order valence-electron chi connectivity index (χ3n) is 2.94. The highest BCUT2D eigenvalue weighted by atomic mass is 16.5. The van der Waals surface area contributed by atoms with Crippen LogP contribution in [0.2, 0.25) is 0 Å². The molecular formula is C12H17N3O2. The predicted molar refractivity (Wildman–Crippen MR) is 63.8 cm³/mol. The molecule has 3 N–H and O–H groups in total. The molecule has 2 rings (SSSR count). The van der Waals surface area contributed by atoms with E-state index in [1.54, 1.807) is 12.1 Å². The molecule has 1 atom stereocenters.